The van der Waals surface area contributed by atoms with E-state index in [0.717, 1.165) is 0 Å². The first kappa shape index (κ1) is 99.4. The summed E-state index contributed by atoms with van der Waals surface area (Å²) in [5.74, 6) is 0. The van der Waals surface area contributed by atoms with E-state index in [2.05, 4.69) is 194 Å². The third kappa shape index (κ3) is 45.3. The quantitative estimate of drug-likeness (QED) is 0.0486. The maximum atomic E-state index is 8.42. The van der Waals surface area contributed by atoms with Crippen molar-refractivity contribution in [3.63, 3.8) is 0 Å². The van der Waals surface area contributed by atoms with Crippen LogP contribution in [0.1, 0.15) is 194 Å². The molecule has 0 rings (SSSR count). The van der Waals surface area contributed by atoms with Crippen LogP contribution in [0.25, 0.3) is 0 Å². The van der Waals surface area contributed by atoms with Crippen LogP contribution < -0.4 is 33.9 Å². The van der Waals surface area contributed by atoms with Gasteiger partial charge < -0.3 is 65.3 Å². The Morgan fingerprint density at radius 3 is 0.183 bits per heavy atom. The largest absolute Gasteiger partial charge is 1.00 e. The topological polar surface area (TPSA) is 69.2 Å². The van der Waals surface area contributed by atoms with Crippen molar-refractivity contribution < 1.29 is 65.3 Å². The Kier molecular flexibility index (Phi) is 86.7. The Bertz CT molecular complexity index is 617. The van der Waals surface area contributed by atoms with E-state index in [1.54, 1.807) is 0 Å². The summed E-state index contributed by atoms with van der Waals surface area (Å²) in [6, 6.07) is 0. The van der Waals surface area contributed by atoms with Crippen LogP contribution in [-0.4, -0.2) is 222 Å². The summed E-state index contributed by atoms with van der Waals surface area (Å²) in [5, 5.41) is 25.2. The summed E-state index contributed by atoms with van der Waals surface area (Å²) in [7, 11) is -2.92. The first-order valence-corrected chi connectivity index (χ1v) is 29.4. The van der Waals surface area contributed by atoms with Gasteiger partial charge in [-0.15, -0.1) is 0 Å². The van der Waals surface area contributed by atoms with Gasteiger partial charge in [-0.1, -0.05) is 0 Å². The van der Waals surface area contributed by atoms with Crippen LogP contribution in [-0.2, 0) is 0 Å². The zero-order valence-corrected chi connectivity index (χ0v) is 54.2. The summed E-state index contributed by atoms with van der Waals surface area (Å²) in [6.07, 6.45) is 0. The second-order valence-corrected chi connectivity index (χ2v) is 18.5. The number of nitrogens with zero attached hydrogens (tertiary/aromatic N) is 7. The number of hydrogen-bond acceptors (Lipinski definition) is 3. The van der Waals surface area contributed by atoms with Gasteiger partial charge >= 0.3 is 0 Å². The molecule has 0 saturated carbocycles. The number of rotatable bonds is 28. The molecule has 0 unspecified atom stereocenters. The molecule has 0 aromatic heterocycles. The minimum absolute atomic E-state index is 0. The fraction of sp³-hybridized carbons (Fsp3) is 1.00. The molecule has 71 heavy (non-hydrogen) atoms. The van der Waals surface area contributed by atoms with Gasteiger partial charge in [0.1, 0.15) is 0 Å². The molecule has 448 valence electrons. The molecule has 0 bridgehead atoms. The van der Waals surface area contributed by atoms with Gasteiger partial charge in [0.15, 0.2) is 0 Å². The standard InChI is InChI=1S/7C8H20N.BO3.4FH/c7*1-5-9(6-2,7-3)8-4;2-1(3)4;;;;/h7*5-8H2,1-4H3;;4*1H/q7*+1;-3;;;;/p-4. The van der Waals surface area contributed by atoms with E-state index in [1.807, 2.05) is 0 Å². The Morgan fingerprint density at radius 2 is 0.183 bits per heavy atom. The molecule has 0 aliphatic rings. The Balaban J connectivity index is -0.0000000559. The van der Waals surface area contributed by atoms with E-state index in [-0.39, 0.29) is 18.8 Å². The normalized spacial score (nSPS) is 11.0. The van der Waals surface area contributed by atoms with Gasteiger partial charge in [0.05, 0.1) is 183 Å². The minimum Gasteiger partial charge on any atom is -1.00 e. The monoisotopic (exact) mass is 1050 g/mol. The van der Waals surface area contributed by atoms with Crippen LogP contribution >= 0.6 is 0 Å². The number of hydrogen-bond donors (Lipinski definition) is 0. The van der Waals surface area contributed by atoms with Crippen molar-refractivity contribution >= 4 is 7.32 Å². The predicted octanol–water partition coefficient (Wildman–Crippen LogP) is -2.75. The average molecular weight is 1050 g/mol. The highest BCUT2D eigenvalue weighted by atomic mass is 19.0. The fourth-order valence-corrected chi connectivity index (χ4v) is 9.39. The van der Waals surface area contributed by atoms with Crippen molar-refractivity contribution in [3.05, 3.63) is 0 Å². The van der Waals surface area contributed by atoms with E-state index in [4.69, 9.17) is 15.1 Å². The number of halogens is 4. The molecule has 0 N–H and O–H groups in total. The molecule has 0 aromatic carbocycles. The molecular weight excluding hydrogens is 905 g/mol. The summed E-state index contributed by atoms with van der Waals surface area (Å²) >= 11 is 0. The van der Waals surface area contributed by atoms with Crippen LogP contribution in [0.4, 0.5) is 0 Å². The highest BCUT2D eigenvalue weighted by molar-refractivity contribution is 6.24. The third-order valence-electron chi connectivity index (χ3n) is 18.8. The Labute approximate surface area is 448 Å². The van der Waals surface area contributed by atoms with Crippen LogP contribution in [0.2, 0.25) is 0 Å². The van der Waals surface area contributed by atoms with Crippen molar-refractivity contribution in [2.45, 2.75) is 194 Å². The van der Waals surface area contributed by atoms with Crippen LogP contribution in [0.15, 0.2) is 0 Å². The summed E-state index contributed by atoms with van der Waals surface area (Å²) in [6.45, 7) is 99.6. The van der Waals surface area contributed by atoms with Crippen LogP contribution in [0, 0.1) is 0 Å². The van der Waals surface area contributed by atoms with Gasteiger partial charge in [0.25, 0.3) is 0 Å². The second-order valence-electron chi connectivity index (χ2n) is 18.5. The molecule has 10 nitrogen and oxygen atoms in total. The highest BCUT2D eigenvalue weighted by Gasteiger charge is 2.20. The average Bonchev–Trinajstić information content (AvgIpc) is 3.39. The molecule has 0 aliphatic carbocycles. The second kappa shape index (κ2) is 61.9. The molecule has 0 aromatic rings. The molecule has 0 heterocycles. The van der Waals surface area contributed by atoms with Crippen LogP contribution in [0.5, 0.6) is 0 Å². The van der Waals surface area contributed by atoms with E-state index >= 15 is 0 Å². The maximum absolute atomic E-state index is 8.42. The Morgan fingerprint density at radius 1 is 0.155 bits per heavy atom. The van der Waals surface area contributed by atoms with E-state index in [1.165, 1.54) is 215 Å². The molecule has 0 radical (unpaired) electrons. The highest BCUT2D eigenvalue weighted by Crippen LogP contribution is 2.07. The van der Waals surface area contributed by atoms with Crippen molar-refractivity contribution in [1.29, 1.82) is 0 Å². The Hall–Kier alpha value is -0.615. The van der Waals surface area contributed by atoms with Gasteiger partial charge in [0.2, 0.25) is 0 Å². The molecule has 0 aliphatic heterocycles. The molecule has 0 amide bonds. The molecule has 0 saturated heterocycles. The fourth-order valence-electron chi connectivity index (χ4n) is 9.39. The van der Waals surface area contributed by atoms with Crippen molar-refractivity contribution in [2.24, 2.45) is 0 Å². The lowest BCUT2D eigenvalue weighted by Gasteiger charge is -2.35. The molecule has 0 fully saturated rings. The van der Waals surface area contributed by atoms with Gasteiger partial charge in [-0.05, 0) is 194 Å². The SMILES string of the molecule is CC[N+](CC)(CC)CC.CC[N+](CC)(CC)CC.CC[N+](CC)(CC)CC.CC[N+](CC)(CC)CC.CC[N+](CC)(CC)CC.CC[N+](CC)(CC)CC.CC[N+](CC)(CC)CC.[F-].[F-].[F-].[F-].[O-]B([O-])[O-]. The lowest BCUT2D eigenvalue weighted by Crippen LogP contribution is -3.00. The number of quaternary nitrogens is 7. The van der Waals surface area contributed by atoms with Gasteiger partial charge in [-0.2, -0.15) is 0 Å². The minimum atomic E-state index is -2.92. The lowest BCUT2D eigenvalue weighted by atomic mass is 10.3. The van der Waals surface area contributed by atoms with Crippen molar-refractivity contribution in [3.8, 4) is 0 Å². The van der Waals surface area contributed by atoms with Crippen molar-refractivity contribution in [1.82, 2.24) is 0 Å². The van der Waals surface area contributed by atoms with Crippen LogP contribution in [0.3, 0.4) is 0 Å². The summed E-state index contributed by atoms with van der Waals surface area (Å²) in [4.78, 5) is 0. The first-order valence-electron chi connectivity index (χ1n) is 29.4. The summed E-state index contributed by atoms with van der Waals surface area (Å²) in [5.41, 5.74) is 0. The van der Waals surface area contributed by atoms with Gasteiger partial charge in [-0.3, -0.25) is 7.32 Å². The predicted molar refractivity (Wildman–Crippen MR) is 303 cm³/mol. The smallest absolute Gasteiger partial charge is 0.0757 e. The lowest BCUT2D eigenvalue weighted by molar-refractivity contribution is -0.921. The molecular formula is C56H140BF4N7O3. The molecule has 15 heteroatoms. The van der Waals surface area contributed by atoms with Crippen molar-refractivity contribution in [2.75, 3.05) is 183 Å². The third-order valence-corrected chi connectivity index (χ3v) is 18.8. The van der Waals surface area contributed by atoms with E-state index in [9.17, 15) is 0 Å². The summed E-state index contributed by atoms with van der Waals surface area (Å²) < 4.78 is 8.94. The van der Waals surface area contributed by atoms with E-state index < -0.39 is 7.32 Å². The van der Waals surface area contributed by atoms with E-state index in [0.29, 0.717) is 0 Å². The van der Waals surface area contributed by atoms with Gasteiger partial charge in [0, 0.05) is 0 Å². The first-order chi connectivity index (χ1) is 31.4. The molecule has 0 spiro atoms. The van der Waals surface area contributed by atoms with Gasteiger partial charge in [-0.25, -0.2) is 0 Å². The zero-order chi connectivity index (χ0) is 54.9. The zero-order valence-electron chi connectivity index (χ0n) is 54.2. The maximum Gasteiger partial charge on any atom is 0.0757 e. The molecule has 0 atom stereocenters.